The second kappa shape index (κ2) is 4.83. The average molecular weight is 312 g/mol. The first-order chi connectivity index (χ1) is 10.9. The van der Waals surface area contributed by atoms with Gasteiger partial charge in [0.15, 0.2) is 0 Å². The smallest absolute Gasteiger partial charge is 0.323 e. The summed E-state index contributed by atoms with van der Waals surface area (Å²) in [6, 6.07) is 4.04. The molecule has 1 saturated heterocycles. The number of nitrogens with zero attached hydrogens (tertiary/aromatic N) is 1. The molecule has 4 nitrogen and oxygen atoms in total. The molecule has 1 heterocycles. The fraction of sp³-hybridized carbons (Fsp3) is 0.579. The molecule has 4 heteroatoms. The van der Waals surface area contributed by atoms with Gasteiger partial charge in [-0.25, -0.2) is 4.79 Å². The van der Waals surface area contributed by atoms with Crippen LogP contribution in [-0.4, -0.2) is 22.4 Å². The van der Waals surface area contributed by atoms with E-state index in [0.29, 0.717) is 18.4 Å². The molecule has 3 fully saturated rings. The average Bonchev–Trinajstić information content (AvgIpc) is 3.36. The number of hydrogen-bond acceptors (Lipinski definition) is 2. The highest BCUT2D eigenvalue weighted by Gasteiger charge is 2.65. The molecule has 23 heavy (non-hydrogen) atoms. The number of carbonyl (C=O) groups is 2. The standard InChI is InChI=1S/C19H24N2O2/c1-11-8-12(2)16(13(3)9-11)10-21-17(22)19(14-4-5-14,15-6-7-15)20-18(21)23/h8-9,14-15H,4-7,10H2,1-3H3,(H,20,23). The Bertz CT molecular complexity index is 666. The van der Waals surface area contributed by atoms with Crippen molar-refractivity contribution in [1.29, 1.82) is 0 Å². The molecule has 0 spiro atoms. The maximum Gasteiger partial charge on any atom is 0.325 e. The summed E-state index contributed by atoms with van der Waals surface area (Å²) in [6.45, 7) is 6.58. The summed E-state index contributed by atoms with van der Waals surface area (Å²) in [6.07, 6.45) is 4.27. The lowest BCUT2D eigenvalue weighted by Crippen LogP contribution is -2.51. The van der Waals surface area contributed by atoms with Gasteiger partial charge in [0, 0.05) is 0 Å². The zero-order valence-corrected chi connectivity index (χ0v) is 14.1. The summed E-state index contributed by atoms with van der Waals surface area (Å²) >= 11 is 0. The van der Waals surface area contributed by atoms with E-state index in [1.807, 2.05) is 0 Å². The Morgan fingerprint density at radius 2 is 1.57 bits per heavy atom. The Balaban J connectivity index is 1.65. The van der Waals surface area contributed by atoms with Gasteiger partial charge in [-0.15, -0.1) is 0 Å². The van der Waals surface area contributed by atoms with Gasteiger partial charge in [-0.05, 0) is 75.0 Å². The van der Waals surface area contributed by atoms with Crippen LogP contribution < -0.4 is 5.32 Å². The van der Waals surface area contributed by atoms with E-state index >= 15 is 0 Å². The molecular formula is C19H24N2O2. The molecule has 4 rings (SSSR count). The van der Waals surface area contributed by atoms with Crippen LogP contribution in [0.2, 0.25) is 0 Å². The normalized spacial score (nSPS) is 23.3. The molecule has 3 amide bonds. The van der Waals surface area contributed by atoms with E-state index < -0.39 is 5.54 Å². The topological polar surface area (TPSA) is 49.4 Å². The van der Waals surface area contributed by atoms with Gasteiger partial charge in [-0.3, -0.25) is 9.69 Å². The molecule has 3 aliphatic rings. The molecule has 1 aromatic rings. The second-order valence-electron chi connectivity index (χ2n) is 7.62. The van der Waals surface area contributed by atoms with Crippen molar-refractivity contribution in [3.63, 3.8) is 0 Å². The summed E-state index contributed by atoms with van der Waals surface area (Å²) in [4.78, 5) is 27.1. The zero-order chi connectivity index (χ0) is 16.4. The minimum atomic E-state index is -0.580. The van der Waals surface area contributed by atoms with Gasteiger partial charge in [0.25, 0.3) is 5.91 Å². The van der Waals surface area contributed by atoms with Crippen molar-refractivity contribution < 1.29 is 9.59 Å². The van der Waals surface area contributed by atoms with Crippen molar-refractivity contribution in [2.45, 2.75) is 58.5 Å². The van der Waals surface area contributed by atoms with Crippen LogP contribution in [0.1, 0.15) is 47.9 Å². The Labute approximate surface area is 137 Å². The van der Waals surface area contributed by atoms with Crippen LogP contribution in [0, 0.1) is 32.6 Å². The molecule has 0 aromatic heterocycles. The molecule has 2 saturated carbocycles. The minimum Gasteiger partial charge on any atom is -0.323 e. The van der Waals surface area contributed by atoms with Crippen LogP contribution in [0.25, 0.3) is 0 Å². The Hall–Kier alpha value is -1.84. The van der Waals surface area contributed by atoms with E-state index in [2.05, 4.69) is 38.2 Å². The maximum absolute atomic E-state index is 13.1. The van der Waals surface area contributed by atoms with E-state index in [4.69, 9.17) is 0 Å². The lowest BCUT2D eigenvalue weighted by atomic mass is 9.87. The largest absolute Gasteiger partial charge is 0.325 e. The highest BCUT2D eigenvalue weighted by atomic mass is 16.2. The minimum absolute atomic E-state index is 0.0203. The van der Waals surface area contributed by atoms with Gasteiger partial charge < -0.3 is 5.32 Å². The molecule has 1 N–H and O–H groups in total. The summed E-state index contributed by atoms with van der Waals surface area (Å²) in [7, 11) is 0. The number of carbonyl (C=O) groups excluding carboxylic acids is 2. The molecule has 1 aromatic carbocycles. The molecule has 0 bridgehead atoms. The summed E-state index contributed by atoms with van der Waals surface area (Å²) in [5.41, 5.74) is 4.04. The van der Waals surface area contributed by atoms with E-state index in [1.165, 1.54) is 10.5 Å². The zero-order valence-electron chi connectivity index (χ0n) is 14.1. The number of hydrogen-bond donors (Lipinski definition) is 1. The molecule has 0 radical (unpaired) electrons. The van der Waals surface area contributed by atoms with Crippen molar-refractivity contribution in [1.82, 2.24) is 10.2 Å². The fourth-order valence-electron chi connectivity index (χ4n) is 4.34. The summed E-state index contributed by atoms with van der Waals surface area (Å²) < 4.78 is 0. The van der Waals surface area contributed by atoms with E-state index in [0.717, 1.165) is 42.4 Å². The third kappa shape index (κ3) is 2.19. The molecule has 2 aliphatic carbocycles. The molecule has 122 valence electrons. The molecular weight excluding hydrogens is 288 g/mol. The first-order valence-electron chi connectivity index (χ1n) is 8.64. The summed E-state index contributed by atoms with van der Waals surface area (Å²) in [5, 5.41) is 3.10. The van der Waals surface area contributed by atoms with Crippen molar-refractivity contribution in [3.05, 3.63) is 34.4 Å². The van der Waals surface area contributed by atoms with Gasteiger partial charge in [-0.1, -0.05) is 17.7 Å². The quantitative estimate of drug-likeness (QED) is 0.868. The number of aryl methyl sites for hydroxylation is 3. The number of nitrogens with one attached hydrogen (secondary N) is 1. The van der Waals surface area contributed by atoms with Crippen LogP contribution in [0.3, 0.4) is 0 Å². The van der Waals surface area contributed by atoms with Crippen LogP contribution in [0.5, 0.6) is 0 Å². The van der Waals surface area contributed by atoms with Gasteiger partial charge in [0.1, 0.15) is 5.54 Å². The van der Waals surface area contributed by atoms with Crippen molar-refractivity contribution >= 4 is 11.9 Å². The van der Waals surface area contributed by atoms with Gasteiger partial charge in [0.2, 0.25) is 0 Å². The fourth-order valence-corrected chi connectivity index (χ4v) is 4.34. The van der Waals surface area contributed by atoms with E-state index in [9.17, 15) is 9.59 Å². The van der Waals surface area contributed by atoms with Crippen molar-refractivity contribution in [3.8, 4) is 0 Å². The van der Waals surface area contributed by atoms with Crippen LogP contribution in [0.15, 0.2) is 12.1 Å². The molecule has 0 atom stereocenters. The number of imide groups is 1. The third-order valence-corrected chi connectivity index (χ3v) is 5.76. The van der Waals surface area contributed by atoms with Crippen molar-refractivity contribution in [2.75, 3.05) is 0 Å². The maximum atomic E-state index is 13.1. The predicted molar refractivity (Wildman–Crippen MR) is 87.9 cm³/mol. The number of amides is 3. The predicted octanol–water partition coefficient (Wildman–Crippen LogP) is 3.22. The van der Waals surface area contributed by atoms with E-state index in [-0.39, 0.29) is 11.9 Å². The Kier molecular flexibility index (Phi) is 3.09. The van der Waals surface area contributed by atoms with Gasteiger partial charge in [-0.2, -0.15) is 0 Å². The monoisotopic (exact) mass is 312 g/mol. The Morgan fingerprint density at radius 3 is 2.04 bits per heavy atom. The number of urea groups is 1. The third-order valence-electron chi connectivity index (χ3n) is 5.76. The number of rotatable bonds is 4. The molecule has 0 unspecified atom stereocenters. The molecule has 1 aliphatic heterocycles. The van der Waals surface area contributed by atoms with E-state index in [1.54, 1.807) is 0 Å². The van der Waals surface area contributed by atoms with Gasteiger partial charge >= 0.3 is 6.03 Å². The van der Waals surface area contributed by atoms with Crippen LogP contribution >= 0.6 is 0 Å². The first-order valence-corrected chi connectivity index (χ1v) is 8.64. The van der Waals surface area contributed by atoms with Crippen LogP contribution in [0.4, 0.5) is 4.79 Å². The number of benzene rings is 1. The van der Waals surface area contributed by atoms with Crippen molar-refractivity contribution in [2.24, 2.45) is 11.8 Å². The SMILES string of the molecule is Cc1cc(C)c(CN2C(=O)NC(C3CC3)(C3CC3)C2=O)c(C)c1. The first kappa shape index (κ1) is 14.7. The second-order valence-corrected chi connectivity index (χ2v) is 7.62. The van der Waals surface area contributed by atoms with Gasteiger partial charge in [0.05, 0.1) is 6.54 Å². The Morgan fingerprint density at radius 1 is 1.04 bits per heavy atom. The highest BCUT2D eigenvalue weighted by Crippen LogP contribution is 2.54. The summed E-state index contributed by atoms with van der Waals surface area (Å²) in [5.74, 6) is 0.736. The lowest BCUT2D eigenvalue weighted by molar-refractivity contribution is -0.133. The van der Waals surface area contributed by atoms with Crippen LogP contribution in [-0.2, 0) is 11.3 Å². The highest BCUT2D eigenvalue weighted by molar-refractivity contribution is 6.08. The lowest BCUT2D eigenvalue weighted by Gasteiger charge is -2.26.